The Balaban J connectivity index is 2.36. The normalized spacial score (nSPS) is 12.9. The maximum atomic E-state index is 4.60. The van der Waals surface area contributed by atoms with E-state index in [1.165, 1.54) is 17.7 Å². The lowest BCUT2D eigenvalue weighted by molar-refractivity contribution is 0.437. The van der Waals surface area contributed by atoms with Crippen molar-refractivity contribution in [3.8, 4) is 0 Å². The molecular weight excluding hydrogens is 268 g/mol. The highest BCUT2D eigenvalue weighted by atomic mass is 32.1. The zero-order valence-electron chi connectivity index (χ0n) is 12.9. The van der Waals surface area contributed by atoms with Crippen LogP contribution in [0.5, 0.6) is 0 Å². The van der Waals surface area contributed by atoms with Gasteiger partial charge < -0.3 is 10.6 Å². The largest absolute Gasteiger partial charge is 0.367 e. The first-order valence-electron chi connectivity index (χ1n) is 7.31. The number of aromatic nitrogens is 2. The van der Waals surface area contributed by atoms with E-state index >= 15 is 0 Å². The van der Waals surface area contributed by atoms with E-state index in [1.54, 1.807) is 11.3 Å². The summed E-state index contributed by atoms with van der Waals surface area (Å²) in [6.07, 6.45) is 2.36. The predicted molar refractivity (Wildman–Crippen MR) is 88.9 cm³/mol. The van der Waals surface area contributed by atoms with Crippen molar-refractivity contribution in [2.45, 2.75) is 46.6 Å². The van der Waals surface area contributed by atoms with E-state index < -0.39 is 0 Å². The van der Waals surface area contributed by atoms with Gasteiger partial charge in [0, 0.05) is 18.0 Å². The van der Waals surface area contributed by atoms with Crippen LogP contribution < -0.4 is 10.6 Å². The number of hydrogen-bond donors (Lipinski definition) is 2. The van der Waals surface area contributed by atoms with Gasteiger partial charge in [-0.05, 0) is 25.8 Å². The third-order valence-corrected chi connectivity index (χ3v) is 4.80. The monoisotopic (exact) mass is 292 g/mol. The van der Waals surface area contributed by atoms with Gasteiger partial charge >= 0.3 is 0 Å². The highest BCUT2D eigenvalue weighted by Gasteiger charge is 2.17. The molecule has 0 aliphatic heterocycles. The molecule has 1 atom stereocenters. The molecule has 1 unspecified atom stereocenters. The Morgan fingerprint density at radius 3 is 2.55 bits per heavy atom. The molecule has 0 saturated heterocycles. The molecule has 0 bridgehead atoms. The Morgan fingerprint density at radius 2 is 1.95 bits per heavy atom. The van der Waals surface area contributed by atoms with Gasteiger partial charge in [0.05, 0.1) is 5.39 Å². The van der Waals surface area contributed by atoms with Crippen molar-refractivity contribution in [1.82, 2.24) is 9.97 Å². The van der Waals surface area contributed by atoms with Gasteiger partial charge in [-0.1, -0.05) is 26.7 Å². The van der Waals surface area contributed by atoms with Gasteiger partial charge in [0.2, 0.25) is 5.95 Å². The Labute approximate surface area is 125 Å². The van der Waals surface area contributed by atoms with Crippen molar-refractivity contribution >= 4 is 33.3 Å². The van der Waals surface area contributed by atoms with E-state index in [0.29, 0.717) is 17.9 Å². The molecule has 20 heavy (non-hydrogen) atoms. The minimum atomic E-state index is 0.410. The quantitative estimate of drug-likeness (QED) is 0.834. The lowest BCUT2D eigenvalue weighted by Gasteiger charge is -2.23. The van der Waals surface area contributed by atoms with E-state index in [2.05, 4.69) is 54.4 Å². The fourth-order valence-corrected chi connectivity index (χ4v) is 3.47. The van der Waals surface area contributed by atoms with Crippen LogP contribution in [-0.4, -0.2) is 23.1 Å². The molecule has 0 aliphatic rings. The fraction of sp³-hybridized carbons (Fsp3) is 0.600. The van der Waals surface area contributed by atoms with Crippen molar-refractivity contribution in [3.05, 3.63) is 10.9 Å². The molecule has 0 radical (unpaired) electrons. The van der Waals surface area contributed by atoms with Crippen molar-refractivity contribution in [3.63, 3.8) is 0 Å². The number of thiophene rings is 1. The minimum absolute atomic E-state index is 0.410. The van der Waals surface area contributed by atoms with Gasteiger partial charge in [-0.3, -0.25) is 0 Å². The van der Waals surface area contributed by atoms with E-state index in [1.807, 2.05) is 7.05 Å². The van der Waals surface area contributed by atoms with Crippen LogP contribution in [0.2, 0.25) is 0 Å². The highest BCUT2D eigenvalue weighted by molar-refractivity contribution is 7.18. The van der Waals surface area contributed by atoms with Gasteiger partial charge in [-0.2, -0.15) is 4.98 Å². The summed E-state index contributed by atoms with van der Waals surface area (Å²) in [5.74, 6) is 2.29. The molecule has 2 heterocycles. The van der Waals surface area contributed by atoms with Crippen molar-refractivity contribution < 1.29 is 0 Å². The van der Waals surface area contributed by atoms with Gasteiger partial charge in [0.15, 0.2) is 0 Å². The molecule has 0 saturated carbocycles. The second kappa shape index (κ2) is 6.39. The summed E-state index contributed by atoms with van der Waals surface area (Å²) in [5.41, 5.74) is 0. The van der Waals surface area contributed by atoms with Crippen LogP contribution in [0, 0.1) is 12.8 Å². The average Bonchev–Trinajstić information content (AvgIpc) is 2.80. The predicted octanol–water partition coefficient (Wildman–Crippen LogP) is 4.28. The molecule has 0 aromatic carbocycles. The van der Waals surface area contributed by atoms with Crippen LogP contribution in [0.15, 0.2) is 6.07 Å². The van der Waals surface area contributed by atoms with Crippen molar-refractivity contribution in [2.75, 3.05) is 17.7 Å². The van der Waals surface area contributed by atoms with E-state index in [-0.39, 0.29) is 0 Å². The molecule has 2 N–H and O–H groups in total. The Bertz CT molecular complexity index is 575. The van der Waals surface area contributed by atoms with Crippen LogP contribution in [0.3, 0.4) is 0 Å². The van der Waals surface area contributed by atoms with Gasteiger partial charge in [-0.25, -0.2) is 4.98 Å². The highest BCUT2D eigenvalue weighted by Crippen LogP contribution is 2.30. The average molecular weight is 292 g/mol. The van der Waals surface area contributed by atoms with E-state index in [4.69, 9.17) is 0 Å². The third-order valence-electron chi connectivity index (χ3n) is 3.86. The summed E-state index contributed by atoms with van der Waals surface area (Å²) >= 11 is 1.71. The van der Waals surface area contributed by atoms with Crippen LogP contribution >= 0.6 is 11.3 Å². The Kier molecular flexibility index (Phi) is 4.81. The number of fused-ring (bicyclic) bond motifs is 1. The van der Waals surface area contributed by atoms with Crippen LogP contribution in [0.1, 0.15) is 38.5 Å². The summed E-state index contributed by atoms with van der Waals surface area (Å²) in [6, 6.07) is 2.58. The smallest absolute Gasteiger partial charge is 0.225 e. The zero-order valence-corrected chi connectivity index (χ0v) is 13.8. The maximum Gasteiger partial charge on any atom is 0.225 e. The molecule has 2 aromatic heterocycles. The lowest BCUT2D eigenvalue weighted by Crippen LogP contribution is -2.25. The van der Waals surface area contributed by atoms with Crippen molar-refractivity contribution in [2.24, 2.45) is 5.92 Å². The van der Waals surface area contributed by atoms with E-state index in [0.717, 1.165) is 16.0 Å². The summed E-state index contributed by atoms with van der Waals surface area (Å²) in [7, 11) is 1.86. The lowest BCUT2D eigenvalue weighted by atomic mass is 9.95. The number of hydrogen-bond acceptors (Lipinski definition) is 5. The topological polar surface area (TPSA) is 49.8 Å². The molecule has 2 aromatic rings. The first kappa shape index (κ1) is 15.0. The minimum Gasteiger partial charge on any atom is -0.367 e. The van der Waals surface area contributed by atoms with Crippen LogP contribution in [0.25, 0.3) is 10.2 Å². The standard InChI is InChI=1S/C15H24N4S/c1-6-11(7-2)10(4)17-13-12-8-9(3)20-14(12)19-15(16-5)18-13/h8,10-11H,6-7H2,1-5H3,(H2,16,17,18,19). The number of rotatable bonds is 6. The molecule has 0 fully saturated rings. The number of nitrogens with one attached hydrogen (secondary N) is 2. The number of anilines is 2. The molecule has 5 heteroatoms. The van der Waals surface area contributed by atoms with Gasteiger partial charge in [-0.15, -0.1) is 11.3 Å². The number of aryl methyl sites for hydroxylation is 1. The third kappa shape index (κ3) is 3.03. The fourth-order valence-electron chi connectivity index (χ4n) is 2.59. The van der Waals surface area contributed by atoms with Gasteiger partial charge in [0.1, 0.15) is 10.6 Å². The Morgan fingerprint density at radius 1 is 1.25 bits per heavy atom. The first-order chi connectivity index (χ1) is 9.58. The molecule has 0 amide bonds. The van der Waals surface area contributed by atoms with Crippen LogP contribution in [0.4, 0.5) is 11.8 Å². The molecule has 110 valence electrons. The molecule has 2 rings (SSSR count). The first-order valence-corrected chi connectivity index (χ1v) is 8.13. The molecular formula is C15H24N4S. The van der Waals surface area contributed by atoms with Crippen molar-refractivity contribution in [1.29, 1.82) is 0 Å². The summed E-state index contributed by atoms with van der Waals surface area (Å²) in [4.78, 5) is 11.4. The van der Waals surface area contributed by atoms with E-state index in [9.17, 15) is 0 Å². The molecule has 0 aliphatic carbocycles. The number of nitrogens with zero attached hydrogens (tertiary/aromatic N) is 2. The molecule has 0 spiro atoms. The summed E-state index contributed by atoms with van der Waals surface area (Å²) in [5, 5.41) is 7.76. The second-order valence-corrected chi connectivity index (χ2v) is 6.47. The summed E-state index contributed by atoms with van der Waals surface area (Å²) < 4.78 is 0. The Hall–Kier alpha value is -1.36. The second-order valence-electron chi connectivity index (χ2n) is 5.23. The van der Waals surface area contributed by atoms with Crippen LogP contribution in [-0.2, 0) is 0 Å². The molecule has 4 nitrogen and oxygen atoms in total. The zero-order chi connectivity index (χ0) is 14.7. The SMILES string of the molecule is CCC(CC)C(C)Nc1nc(NC)nc2sc(C)cc12. The van der Waals surface area contributed by atoms with Gasteiger partial charge in [0.25, 0.3) is 0 Å². The maximum absolute atomic E-state index is 4.60. The summed E-state index contributed by atoms with van der Waals surface area (Å²) in [6.45, 7) is 8.84.